The molecule has 0 bridgehead atoms. The van der Waals surface area contributed by atoms with Gasteiger partial charge < -0.3 is 0 Å². The van der Waals surface area contributed by atoms with Gasteiger partial charge in [0.2, 0.25) is 15.9 Å². The minimum Gasteiger partial charge on any atom is -0.298 e. The summed E-state index contributed by atoms with van der Waals surface area (Å²) in [5, 5.41) is 2.15. The van der Waals surface area contributed by atoms with Gasteiger partial charge in [-0.3, -0.25) is 15.6 Å². The molecule has 3 N–H and O–H groups in total. The van der Waals surface area contributed by atoms with Gasteiger partial charge in [0.1, 0.15) is 0 Å². The Bertz CT molecular complexity index is 938. The molecule has 0 radical (unpaired) electrons. The zero-order chi connectivity index (χ0) is 20.4. The van der Waals surface area contributed by atoms with Crippen molar-refractivity contribution in [3.05, 3.63) is 42.5 Å². The van der Waals surface area contributed by atoms with E-state index in [-0.39, 0.29) is 17.9 Å². The van der Waals surface area contributed by atoms with Crippen LogP contribution in [0.15, 0.2) is 42.5 Å². The molecule has 152 valence electrons. The maximum Gasteiger partial charge on any atom is 0.241 e. The fourth-order valence-electron chi connectivity index (χ4n) is 3.44. The fourth-order valence-corrected chi connectivity index (χ4v) is 4.46. The van der Waals surface area contributed by atoms with Crippen LogP contribution in [0.2, 0.25) is 0 Å². The van der Waals surface area contributed by atoms with Gasteiger partial charge in [0, 0.05) is 17.3 Å². The van der Waals surface area contributed by atoms with Crippen molar-refractivity contribution in [3.8, 4) is 0 Å². The van der Waals surface area contributed by atoms with E-state index >= 15 is 0 Å². The summed E-state index contributed by atoms with van der Waals surface area (Å²) in [5.74, 6) is -0.164. The lowest BCUT2D eigenvalue weighted by Crippen LogP contribution is -2.47. The second-order valence-corrected chi connectivity index (χ2v) is 10.9. The Hall–Kier alpha value is -2.12. The van der Waals surface area contributed by atoms with Gasteiger partial charge >= 0.3 is 0 Å². The number of carbonyl (C=O) groups is 1. The predicted molar refractivity (Wildman–Crippen MR) is 113 cm³/mol. The van der Waals surface area contributed by atoms with E-state index < -0.39 is 14.8 Å². The molecule has 0 aromatic heterocycles. The Morgan fingerprint density at radius 1 is 0.964 bits per heavy atom. The van der Waals surface area contributed by atoms with Crippen LogP contribution in [0, 0.1) is 5.92 Å². The van der Waals surface area contributed by atoms with Crippen molar-refractivity contribution in [2.45, 2.75) is 57.2 Å². The molecule has 0 heterocycles. The monoisotopic (exact) mass is 403 g/mol. The summed E-state index contributed by atoms with van der Waals surface area (Å²) in [7, 11) is -3.37. The number of hydrogen-bond donors (Lipinski definition) is 3. The van der Waals surface area contributed by atoms with E-state index in [1.54, 1.807) is 20.8 Å². The van der Waals surface area contributed by atoms with Crippen LogP contribution in [0.1, 0.15) is 46.5 Å². The quantitative estimate of drug-likeness (QED) is 0.666. The van der Waals surface area contributed by atoms with Crippen LogP contribution >= 0.6 is 0 Å². The Balaban J connectivity index is 1.53. The van der Waals surface area contributed by atoms with Crippen LogP contribution in [0.4, 0.5) is 5.69 Å². The van der Waals surface area contributed by atoms with Crippen molar-refractivity contribution in [1.82, 2.24) is 10.1 Å². The molecule has 3 rings (SSSR count). The second kappa shape index (κ2) is 8.09. The van der Waals surface area contributed by atoms with Gasteiger partial charge in [-0.25, -0.2) is 13.1 Å². The van der Waals surface area contributed by atoms with Gasteiger partial charge in [-0.15, -0.1) is 0 Å². The molecule has 2 aromatic carbocycles. The minimum atomic E-state index is -3.37. The Kier molecular flexibility index (Phi) is 5.95. The second-order valence-electron chi connectivity index (χ2n) is 8.42. The number of benzene rings is 2. The molecule has 1 amide bonds. The third-order valence-corrected chi connectivity index (χ3v) is 7.59. The van der Waals surface area contributed by atoms with Crippen molar-refractivity contribution in [3.63, 3.8) is 0 Å². The van der Waals surface area contributed by atoms with Gasteiger partial charge in [0.25, 0.3) is 0 Å². The van der Waals surface area contributed by atoms with E-state index in [9.17, 15) is 13.2 Å². The molecular formula is C21H29N3O3S. The van der Waals surface area contributed by atoms with Gasteiger partial charge in [-0.05, 0) is 57.9 Å². The van der Waals surface area contributed by atoms with Crippen molar-refractivity contribution in [1.29, 1.82) is 0 Å². The molecule has 7 heteroatoms. The zero-order valence-corrected chi connectivity index (χ0v) is 17.5. The Labute approximate surface area is 167 Å². The average molecular weight is 404 g/mol. The molecule has 1 fully saturated rings. The van der Waals surface area contributed by atoms with E-state index in [4.69, 9.17) is 0 Å². The molecular weight excluding hydrogens is 374 g/mol. The van der Waals surface area contributed by atoms with Gasteiger partial charge in [-0.1, -0.05) is 36.4 Å². The number of carbonyl (C=O) groups excluding carboxylic acids is 1. The number of nitrogens with one attached hydrogen (secondary N) is 3. The van der Waals surface area contributed by atoms with E-state index in [0.29, 0.717) is 25.7 Å². The highest BCUT2D eigenvalue weighted by Gasteiger charge is 2.34. The summed E-state index contributed by atoms with van der Waals surface area (Å²) in [6.07, 6.45) is 2.67. The SMILES string of the molecule is CC(C)(C)S(=O)(=O)NC1CCC(C(=O)NNc2cccc3ccccc23)CC1. The lowest BCUT2D eigenvalue weighted by molar-refractivity contribution is -0.125. The van der Waals surface area contributed by atoms with Crippen LogP contribution in [0.3, 0.4) is 0 Å². The summed E-state index contributed by atoms with van der Waals surface area (Å²) in [6.45, 7) is 5.06. The highest BCUT2D eigenvalue weighted by Crippen LogP contribution is 2.27. The lowest BCUT2D eigenvalue weighted by Gasteiger charge is -2.30. The number of anilines is 1. The van der Waals surface area contributed by atoms with E-state index in [2.05, 4.69) is 15.6 Å². The summed E-state index contributed by atoms with van der Waals surface area (Å²) >= 11 is 0. The number of amides is 1. The maximum atomic E-state index is 12.5. The van der Waals surface area contributed by atoms with Crippen molar-refractivity contribution in [2.75, 3.05) is 5.43 Å². The normalized spacial score (nSPS) is 20.7. The van der Waals surface area contributed by atoms with Gasteiger partial charge in [0.05, 0.1) is 10.4 Å². The number of fused-ring (bicyclic) bond motifs is 1. The molecule has 0 spiro atoms. The fraction of sp³-hybridized carbons (Fsp3) is 0.476. The Morgan fingerprint density at radius 2 is 1.61 bits per heavy atom. The standard InChI is InChI=1S/C21H29N3O3S/c1-21(2,3)28(26,27)24-17-13-11-16(12-14-17)20(25)23-22-19-10-6-8-15-7-4-5-9-18(15)19/h4-10,16-17,22,24H,11-14H2,1-3H3,(H,23,25). The minimum absolute atomic E-state index is 0.0509. The first-order chi connectivity index (χ1) is 13.2. The average Bonchev–Trinajstić information content (AvgIpc) is 2.65. The Morgan fingerprint density at radius 3 is 2.29 bits per heavy atom. The topological polar surface area (TPSA) is 87.3 Å². The molecule has 1 aliphatic rings. The highest BCUT2D eigenvalue weighted by atomic mass is 32.2. The largest absolute Gasteiger partial charge is 0.298 e. The van der Waals surface area contributed by atoms with Crippen LogP contribution in [0.5, 0.6) is 0 Å². The molecule has 0 atom stereocenters. The number of rotatable bonds is 5. The van der Waals surface area contributed by atoms with E-state index in [0.717, 1.165) is 16.5 Å². The predicted octanol–water partition coefficient (Wildman–Crippen LogP) is 3.56. The molecule has 2 aromatic rings. The van der Waals surface area contributed by atoms with Crippen LogP contribution in [-0.2, 0) is 14.8 Å². The van der Waals surface area contributed by atoms with Gasteiger partial charge in [-0.2, -0.15) is 0 Å². The van der Waals surface area contributed by atoms with Crippen molar-refractivity contribution in [2.24, 2.45) is 5.92 Å². The zero-order valence-electron chi connectivity index (χ0n) is 16.7. The third-order valence-electron chi connectivity index (χ3n) is 5.34. The molecule has 1 saturated carbocycles. The number of hydrazine groups is 1. The molecule has 0 unspecified atom stereocenters. The first-order valence-electron chi connectivity index (χ1n) is 9.73. The molecule has 0 aliphatic heterocycles. The first-order valence-corrected chi connectivity index (χ1v) is 11.2. The molecule has 0 saturated heterocycles. The lowest BCUT2D eigenvalue weighted by atomic mass is 9.86. The van der Waals surface area contributed by atoms with Crippen molar-refractivity contribution < 1.29 is 13.2 Å². The van der Waals surface area contributed by atoms with E-state index in [1.807, 2.05) is 42.5 Å². The first kappa shape index (κ1) is 20.6. The van der Waals surface area contributed by atoms with E-state index in [1.165, 1.54) is 0 Å². The van der Waals surface area contributed by atoms with Gasteiger partial charge in [0.15, 0.2) is 0 Å². The van der Waals surface area contributed by atoms with Crippen LogP contribution < -0.4 is 15.6 Å². The maximum absolute atomic E-state index is 12.5. The smallest absolute Gasteiger partial charge is 0.241 e. The number of hydrogen-bond acceptors (Lipinski definition) is 4. The summed E-state index contributed by atoms with van der Waals surface area (Å²) < 4.78 is 26.6. The van der Waals surface area contributed by atoms with Crippen LogP contribution in [-0.4, -0.2) is 25.1 Å². The molecule has 6 nitrogen and oxygen atoms in total. The third kappa shape index (κ3) is 4.64. The summed E-state index contributed by atoms with van der Waals surface area (Å²) in [4.78, 5) is 12.5. The van der Waals surface area contributed by atoms with Crippen molar-refractivity contribution >= 4 is 32.4 Å². The summed E-state index contributed by atoms with van der Waals surface area (Å²) in [6, 6.07) is 13.8. The summed E-state index contributed by atoms with van der Waals surface area (Å²) in [5.41, 5.74) is 6.72. The highest BCUT2D eigenvalue weighted by molar-refractivity contribution is 7.90. The molecule has 28 heavy (non-hydrogen) atoms. The molecule has 1 aliphatic carbocycles. The van der Waals surface area contributed by atoms with Crippen LogP contribution in [0.25, 0.3) is 10.8 Å². The number of sulfonamides is 1.